The van der Waals surface area contributed by atoms with E-state index in [2.05, 4.69) is 0 Å². The van der Waals surface area contributed by atoms with Gasteiger partial charge in [-0.2, -0.15) is 4.31 Å². The molecule has 26 heavy (non-hydrogen) atoms. The molecule has 0 aliphatic rings. The fourth-order valence-corrected chi connectivity index (χ4v) is 4.93. The molecule has 6 nitrogen and oxygen atoms in total. The molecule has 0 saturated heterocycles. The standard InChI is InChI=1S/C17H21ClN2O4S2/c1-19(11-6-12-24-14-7-4-3-5-8-14)16(21)13-20(2)26(22,23)17-10-9-15(18)25-17/h3-5,7-10H,6,11-13H2,1-2H3. The highest BCUT2D eigenvalue weighted by Crippen LogP contribution is 2.27. The lowest BCUT2D eigenvalue weighted by molar-refractivity contribution is -0.130. The number of hydrogen-bond acceptors (Lipinski definition) is 5. The van der Waals surface area contributed by atoms with E-state index in [4.69, 9.17) is 16.3 Å². The summed E-state index contributed by atoms with van der Waals surface area (Å²) < 4.78 is 31.9. The Hall–Kier alpha value is -1.61. The van der Waals surface area contributed by atoms with Crippen LogP contribution in [0.1, 0.15) is 6.42 Å². The molecule has 142 valence electrons. The van der Waals surface area contributed by atoms with Crippen LogP contribution in [0, 0.1) is 0 Å². The number of rotatable bonds is 9. The van der Waals surface area contributed by atoms with Gasteiger partial charge in [0.1, 0.15) is 9.96 Å². The van der Waals surface area contributed by atoms with Gasteiger partial charge in [0.25, 0.3) is 10.0 Å². The van der Waals surface area contributed by atoms with Crippen molar-refractivity contribution in [3.8, 4) is 5.75 Å². The van der Waals surface area contributed by atoms with Gasteiger partial charge in [0.05, 0.1) is 17.5 Å². The first kappa shape index (κ1) is 20.7. The van der Waals surface area contributed by atoms with Crippen molar-refractivity contribution < 1.29 is 17.9 Å². The SMILES string of the molecule is CN(CCCOc1ccccc1)C(=O)CN(C)S(=O)(=O)c1ccc(Cl)s1. The molecule has 0 fully saturated rings. The molecule has 0 saturated carbocycles. The maximum atomic E-state index is 12.4. The van der Waals surface area contributed by atoms with Crippen molar-refractivity contribution >= 4 is 38.9 Å². The topological polar surface area (TPSA) is 66.9 Å². The van der Waals surface area contributed by atoms with E-state index in [9.17, 15) is 13.2 Å². The van der Waals surface area contributed by atoms with E-state index in [1.54, 1.807) is 7.05 Å². The van der Waals surface area contributed by atoms with Crippen LogP contribution in [-0.2, 0) is 14.8 Å². The Kier molecular flexibility index (Phi) is 7.45. The van der Waals surface area contributed by atoms with Gasteiger partial charge in [-0.25, -0.2) is 8.42 Å². The van der Waals surface area contributed by atoms with Crippen molar-refractivity contribution in [1.82, 2.24) is 9.21 Å². The summed E-state index contributed by atoms with van der Waals surface area (Å²) in [6.07, 6.45) is 0.647. The molecule has 0 N–H and O–H groups in total. The number of amides is 1. The van der Waals surface area contributed by atoms with Gasteiger partial charge in [0.15, 0.2) is 0 Å². The number of carbonyl (C=O) groups excluding carboxylic acids is 1. The minimum absolute atomic E-state index is 0.122. The third kappa shape index (κ3) is 5.70. The first-order valence-corrected chi connectivity index (χ1v) is 10.6. The summed E-state index contributed by atoms with van der Waals surface area (Å²) in [6.45, 7) is 0.724. The summed E-state index contributed by atoms with van der Waals surface area (Å²) in [4.78, 5) is 13.8. The average Bonchev–Trinajstić information content (AvgIpc) is 3.06. The molecule has 1 aromatic carbocycles. The summed E-state index contributed by atoms with van der Waals surface area (Å²) in [6, 6.07) is 12.4. The van der Waals surface area contributed by atoms with Crippen LogP contribution in [0.5, 0.6) is 5.75 Å². The van der Waals surface area contributed by atoms with Gasteiger partial charge in [-0.15, -0.1) is 11.3 Å². The summed E-state index contributed by atoms with van der Waals surface area (Å²) in [7, 11) is -0.684. The lowest BCUT2D eigenvalue weighted by Gasteiger charge is -2.21. The Morgan fingerprint density at radius 3 is 2.46 bits per heavy atom. The number of para-hydroxylation sites is 1. The molecule has 1 amide bonds. The third-order valence-corrected chi connectivity index (χ3v) is 7.15. The molecule has 0 bridgehead atoms. The third-order valence-electron chi connectivity index (χ3n) is 3.65. The van der Waals surface area contributed by atoms with Crippen molar-refractivity contribution in [1.29, 1.82) is 0 Å². The molecule has 1 heterocycles. The van der Waals surface area contributed by atoms with Crippen LogP contribution in [0.3, 0.4) is 0 Å². The van der Waals surface area contributed by atoms with Crippen molar-refractivity contribution in [2.24, 2.45) is 0 Å². The van der Waals surface area contributed by atoms with Crippen LogP contribution in [0.4, 0.5) is 0 Å². The fraction of sp³-hybridized carbons (Fsp3) is 0.353. The first-order chi connectivity index (χ1) is 12.3. The summed E-state index contributed by atoms with van der Waals surface area (Å²) >= 11 is 6.76. The van der Waals surface area contributed by atoms with Gasteiger partial charge in [0.2, 0.25) is 5.91 Å². The smallest absolute Gasteiger partial charge is 0.252 e. The average molecular weight is 417 g/mol. The van der Waals surface area contributed by atoms with Crippen molar-refractivity contribution in [3.05, 3.63) is 46.8 Å². The van der Waals surface area contributed by atoms with Crippen molar-refractivity contribution in [2.75, 3.05) is 33.8 Å². The number of ether oxygens (including phenoxy) is 1. The van der Waals surface area contributed by atoms with Gasteiger partial charge < -0.3 is 9.64 Å². The van der Waals surface area contributed by atoms with Crippen molar-refractivity contribution in [3.63, 3.8) is 0 Å². The number of nitrogens with zero attached hydrogens (tertiary/aromatic N) is 2. The Balaban J connectivity index is 1.79. The number of benzene rings is 1. The number of likely N-dealkylation sites (N-methyl/N-ethyl adjacent to an activating group) is 2. The molecule has 2 rings (SSSR count). The van der Waals surface area contributed by atoms with E-state index in [0.29, 0.717) is 23.9 Å². The number of hydrogen-bond donors (Lipinski definition) is 0. The maximum absolute atomic E-state index is 12.4. The molecule has 1 aromatic heterocycles. The largest absolute Gasteiger partial charge is 0.494 e. The lowest BCUT2D eigenvalue weighted by Crippen LogP contribution is -2.39. The van der Waals surface area contributed by atoms with Crippen LogP contribution in [-0.4, -0.2) is 57.3 Å². The number of sulfonamides is 1. The molecule has 0 aliphatic carbocycles. The Morgan fingerprint density at radius 2 is 1.85 bits per heavy atom. The lowest BCUT2D eigenvalue weighted by atomic mass is 10.3. The number of carbonyl (C=O) groups is 1. The number of thiophene rings is 1. The highest BCUT2D eigenvalue weighted by atomic mass is 35.5. The Labute approximate surface area is 163 Å². The fourth-order valence-electron chi connectivity index (χ4n) is 2.12. The van der Waals surface area contributed by atoms with Gasteiger partial charge in [0, 0.05) is 20.6 Å². The van der Waals surface area contributed by atoms with E-state index in [0.717, 1.165) is 21.4 Å². The molecule has 9 heteroatoms. The molecule has 0 spiro atoms. The maximum Gasteiger partial charge on any atom is 0.252 e. The molecule has 0 unspecified atom stereocenters. The van der Waals surface area contributed by atoms with Crippen molar-refractivity contribution in [2.45, 2.75) is 10.6 Å². The zero-order valence-electron chi connectivity index (χ0n) is 14.6. The van der Waals surface area contributed by atoms with Gasteiger partial charge in [-0.05, 0) is 30.7 Å². The predicted molar refractivity (Wildman–Crippen MR) is 103 cm³/mol. The highest BCUT2D eigenvalue weighted by molar-refractivity contribution is 7.91. The zero-order valence-corrected chi connectivity index (χ0v) is 17.0. The molecule has 0 atom stereocenters. The summed E-state index contributed by atoms with van der Waals surface area (Å²) in [5.74, 6) is 0.500. The van der Waals surface area contributed by atoms with Crippen LogP contribution < -0.4 is 4.74 Å². The van der Waals surface area contributed by atoms with E-state index in [1.165, 1.54) is 24.1 Å². The minimum atomic E-state index is -3.71. The second-order valence-corrected chi connectivity index (χ2v) is 9.64. The Morgan fingerprint density at radius 1 is 1.15 bits per heavy atom. The van der Waals surface area contributed by atoms with Crippen LogP contribution >= 0.6 is 22.9 Å². The van der Waals surface area contributed by atoms with E-state index in [-0.39, 0.29) is 16.7 Å². The molecular weight excluding hydrogens is 396 g/mol. The summed E-state index contributed by atoms with van der Waals surface area (Å²) in [5, 5.41) is 0. The van der Waals surface area contributed by atoms with Gasteiger partial charge in [-0.1, -0.05) is 29.8 Å². The normalized spacial score (nSPS) is 11.5. The minimum Gasteiger partial charge on any atom is -0.494 e. The molecule has 2 aromatic rings. The van der Waals surface area contributed by atoms with Crippen LogP contribution in [0.25, 0.3) is 0 Å². The van der Waals surface area contributed by atoms with Gasteiger partial charge >= 0.3 is 0 Å². The Bertz CT molecular complexity index is 824. The highest BCUT2D eigenvalue weighted by Gasteiger charge is 2.25. The second kappa shape index (κ2) is 9.36. The predicted octanol–water partition coefficient (Wildman–Crippen LogP) is 2.95. The second-order valence-electron chi connectivity index (χ2n) is 5.65. The van der Waals surface area contributed by atoms with E-state index < -0.39 is 10.0 Å². The summed E-state index contributed by atoms with van der Waals surface area (Å²) in [5.41, 5.74) is 0. The number of halogens is 1. The monoisotopic (exact) mass is 416 g/mol. The van der Waals surface area contributed by atoms with Gasteiger partial charge in [-0.3, -0.25) is 4.79 Å². The molecule has 0 radical (unpaired) electrons. The zero-order chi connectivity index (χ0) is 19.2. The molecular formula is C17H21ClN2O4S2. The quantitative estimate of drug-likeness (QED) is 0.589. The van der Waals surface area contributed by atoms with E-state index in [1.807, 2.05) is 30.3 Å². The molecule has 0 aliphatic heterocycles. The first-order valence-electron chi connectivity index (χ1n) is 7.94. The van der Waals surface area contributed by atoms with E-state index >= 15 is 0 Å². The van der Waals surface area contributed by atoms with Crippen LogP contribution in [0.15, 0.2) is 46.7 Å². The van der Waals surface area contributed by atoms with Crippen LogP contribution in [0.2, 0.25) is 4.34 Å².